The van der Waals surface area contributed by atoms with Gasteiger partial charge in [0.05, 0.1) is 6.54 Å². The molecule has 0 saturated carbocycles. The molecule has 0 radical (unpaired) electrons. The minimum absolute atomic E-state index is 0.0387. The number of rotatable bonds is 5. The zero-order chi connectivity index (χ0) is 17.8. The lowest BCUT2D eigenvalue weighted by molar-refractivity contribution is -0.139. The van der Waals surface area contributed by atoms with E-state index in [0.717, 1.165) is 36.4 Å². The largest absolute Gasteiger partial charge is 0.334 e. The average molecular weight is 345 g/mol. The molecule has 25 heavy (non-hydrogen) atoms. The highest BCUT2D eigenvalue weighted by atomic mass is 16.2. The van der Waals surface area contributed by atoms with E-state index in [-0.39, 0.29) is 30.9 Å². The molecular weight excluding hydrogens is 322 g/mol. The van der Waals surface area contributed by atoms with Crippen LogP contribution in [0.15, 0.2) is 24.5 Å². The van der Waals surface area contributed by atoms with Crippen molar-refractivity contribution >= 4 is 17.8 Å². The number of piperidine rings is 1. The zero-order valence-corrected chi connectivity index (χ0v) is 14.4. The summed E-state index contributed by atoms with van der Waals surface area (Å²) in [6, 6.07) is 3.37. The normalized spacial score (nSPS) is 19.2. The number of likely N-dealkylation sites (tertiary alicyclic amines) is 1. The molecule has 0 atom stereocenters. The Balaban J connectivity index is 1.74. The molecular formula is C17H23N5O3. The van der Waals surface area contributed by atoms with Crippen molar-refractivity contribution in [2.24, 2.45) is 0 Å². The first kappa shape index (κ1) is 17.3. The number of pyridine rings is 1. The maximum atomic E-state index is 12.9. The van der Waals surface area contributed by atoms with Gasteiger partial charge in [-0.25, -0.2) is 4.79 Å². The number of imide groups is 1. The van der Waals surface area contributed by atoms with Crippen LogP contribution in [0.3, 0.4) is 0 Å². The van der Waals surface area contributed by atoms with Crippen LogP contribution >= 0.6 is 0 Å². The predicted molar refractivity (Wildman–Crippen MR) is 90.4 cm³/mol. The van der Waals surface area contributed by atoms with Gasteiger partial charge in [-0.1, -0.05) is 6.07 Å². The van der Waals surface area contributed by atoms with Crippen molar-refractivity contribution in [1.29, 1.82) is 0 Å². The van der Waals surface area contributed by atoms with Crippen LogP contribution in [-0.2, 0) is 16.1 Å². The summed E-state index contributed by atoms with van der Waals surface area (Å²) in [6.45, 7) is 2.03. The van der Waals surface area contributed by atoms with Crippen molar-refractivity contribution in [3.63, 3.8) is 0 Å². The van der Waals surface area contributed by atoms with Crippen molar-refractivity contribution in [2.75, 3.05) is 33.2 Å². The first-order valence-electron chi connectivity index (χ1n) is 8.49. The van der Waals surface area contributed by atoms with Gasteiger partial charge in [0, 0.05) is 25.0 Å². The molecule has 8 nitrogen and oxygen atoms in total. The van der Waals surface area contributed by atoms with E-state index in [1.165, 1.54) is 0 Å². The summed E-state index contributed by atoms with van der Waals surface area (Å²) in [5.74, 6) is -0.563. The lowest BCUT2D eigenvalue weighted by Crippen LogP contribution is -2.50. The van der Waals surface area contributed by atoms with E-state index in [9.17, 15) is 14.4 Å². The number of urea groups is 1. The van der Waals surface area contributed by atoms with Gasteiger partial charge in [-0.2, -0.15) is 0 Å². The van der Waals surface area contributed by atoms with Gasteiger partial charge in [0.2, 0.25) is 5.91 Å². The van der Waals surface area contributed by atoms with Crippen LogP contribution < -0.4 is 5.32 Å². The van der Waals surface area contributed by atoms with Gasteiger partial charge in [0.15, 0.2) is 0 Å². The third-order valence-electron chi connectivity index (χ3n) is 4.76. The molecule has 2 aliphatic heterocycles. The standard InChI is InChI=1S/C17H23N5O3/c1-20-7-4-14(5-8-20)21(11-13-3-2-6-18-9-13)16(24)12-22-15(23)10-19-17(22)25/h2-3,6,9,14H,4-5,7-8,10-12H2,1H3,(H,19,25). The highest BCUT2D eigenvalue weighted by molar-refractivity contribution is 6.04. The van der Waals surface area contributed by atoms with Gasteiger partial charge in [0.25, 0.3) is 5.91 Å². The maximum Gasteiger partial charge on any atom is 0.325 e. The van der Waals surface area contributed by atoms with E-state index in [1.54, 1.807) is 17.3 Å². The van der Waals surface area contributed by atoms with Crippen LogP contribution in [0.1, 0.15) is 18.4 Å². The monoisotopic (exact) mass is 345 g/mol. The van der Waals surface area contributed by atoms with Crippen molar-refractivity contribution in [3.05, 3.63) is 30.1 Å². The SMILES string of the molecule is CN1CCC(N(Cc2cccnc2)C(=O)CN2C(=O)CNC2=O)CC1. The number of aromatic nitrogens is 1. The van der Waals surface area contributed by atoms with Crippen LogP contribution in [0.2, 0.25) is 0 Å². The summed E-state index contributed by atoms with van der Waals surface area (Å²) >= 11 is 0. The van der Waals surface area contributed by atoms with Crippen LogP contribution in [0, 0.1) is 0 Å². The molecule has 0 aliphatic carbocycles. The third kappa shape index (κ3) is 4.14. The molecule has 2 aliphatic rings. The lowest BCUT2D eigenvalue weighted by Gasteiger charge is -2.37. The van der Waals surface area contributed by atoms with Gasteiger partial charge in [-0.05, 0) is 44.6 Å². The fourth-order valence-corrected chi connectivity index (χ4v) is 3.26. The minimum Gasteiger partial charge on any atom is -0.334 e. The Morgan fingerprint density at radius 2 is 2.12 bits per heavy atom. The van der Waals surface area contributed by atoms with Gasteiger partial charge in [-0.15, -0.1) is 0 Å². The summed E-state index contributed by atoms with van der Waals surface area (Å²) < 4.78 is 0. The second kappa shape index (κ2) is 7.60. The molecule has 0 unspecified atom stereocenters. The molecule has 1 aromatic rings. The quantitative estimate of drug-likeness (QED) is 0.763. The van der Waals surface area contributed by atoms with Gasteiger partial charge < -0.3 is 15.1 Å². The van der Waals surface area contributed by atoms with E-state index in [4.69, 9.17) is 0 Å². The number of carbonyl (C=O) groups is 3. The molecule has 1 aromatic heterocycles. The Morgan fingerprint density at radius 1 is 1.36 bits per heavy atom. The summed E-state index contributed by atoms with van der Waals surface area (Å²) in [5, 5.41) is 2.45. The topological polar surface area (TPSA) is 85.8 Å². The first-order chi connectivity index (χ1) is 12.0. The van der Waals surface area contributed by atoms with E-state index >= 15 is 0 Å². The molecule has 3 heterocycles. The van der Waals surface area contributed by atoms with E-state index in [1.807, 2.05) is 12.1 Å². The van der Waals surface area contributed by atoms with Crippen molar-refractivity contribution in [1.82, 2.24) is 25.0 Å². The number of amides is 4. The predicted octanol–water partition coefficient (Wildman–Crippen LogP) is 0.0562. The second-order valence-corrected chi connectivity index (χ2v) is 6.56. The molecule has 1 N–H and O–H groups in total. The molecule has 3 rings (SSSR count). The Bertz CT molecular complexity index is 627. The number of nitrogens with zero attached hydrogens (tertiary/aromatic N) is 4. The van der Waals surface area contributed by atoms with Crippen molar-refractivity contribution in [3.8, 4) is 0 Å². The number of carbonyl (C=O) groups excluding carboxylic acids is 3. The lowest BCUT2D eigenvalue weighted by atomic mass is 10.0. The van der Waals surface area contributed by atoms with Crippen LogP contribution in [0.5, 0.6) is 0 Å². The van der Waals surface area contributed by atoms with Crippen LogP contribution in [0.4, 0.5) is 4.79 Å². The summed E-state index contributed by atoms with van der Waals surface area (Å²) in [6.07, 6.45) is 5.19. The van der Waals surface area contributed by atoms with E-state index in [2.05, 4.69) is 22.2 Å². The van der Waals surface area contributed by atoms with Gasteiger partial charge in [-0.3, -0.25) is 19.5 Å². The second-order valence-electron chi connectivity index (χ2n) is 6.56. The molecule has 0 spiro atoms. The van der Waals surface area contributed by atoms with Gasteiger partial charge in [0.1, 0.15) is 6.54 Å². The van der Waals surface area contributed by atoms with Gasteiger partial charge >= 0.3 is 6.03 Å². The molecule has 0 aromatic carbocycles. The van der Waals surface area contributed by atoms with Crippen LogP contribution in [-0.4, -0.2) is 76.8 Å². The smallest absolute Gasteiger partial charge is 0.325 e. The summed E-state index contributed by atoms with van der Waals surface area (Å²) in [7, 11) is 2.07. The Hall–Kier alpha value is -2.48. The van der Waals surface area contributed by atoms with E-state index < -0.39 is 6.03 Å². The molecule has 2 saturated heterocycles. The van der Waals surface area contributed by atoms with Crippen LogP contribution in [0.25, 0.3) is 0 Å². The highest BCUT2D eigenvalue weighted by Gasteiger charge is 2.34. The number of hydrogen-bond donors (Lipinski definition) is 1. The molecule has 4 amide bonds. The Kier molecular flexibility index (Phi) is 5.28. The minimum atomic E-state index is -0.497. The summed E-state index contributed by atoms with van der Waals surface area (Å²) in [4.78, 5) is 45.5. The molecule has 8 heteroatoms. The Morgan fingerprint density at radius 3 is 2.72 bits per heavy atom. The number of hydrogen-bond acceptors (Lipinski definition) is 5. The third-order valence-corrected chi connectivity index (χ3v) is 4.76. The maximum absolute atomic E-state index is 12.9. The highest BCUT2D eigenvalue weighted by Crippen LogP contribution is 2.19. The molecule has 134 valence electrons. The fraction of sp³-hybridized carbons (Fsp3) is 0.529. The number of nitrogens with one attached hydrogen (secondary N) is 1. The average Bonchev–Trinajstić information content (AvgIpc) is 2.93. The first-order valence-corrected chi connectivity index (χ1v) is 8.49. The molecule has 2 fully saturated rings. The fourth-order valence-electron chi connectivity index (χ4n) is 3.26. The van der Waals surface area contributed by atoms with E-state index in [0.29, 0.717) is 6.54 Å². The Labute approximate surface area is 146 Å². The zero-order valence-electron chi connectivity index (χ0n) is 14.4. The summed E-state index contributed by atoms with van der Waals surface area (Å²) in [5.41, 5.74) is 0.937. The molecule has 0 bridgehead atoms. The van der Waals surface area contributed by atoms with Crippen molar-refractivity contribution < 1.29 is 14.4 Å². The van der Waals surface area contributed by atoms with Crippen molar-refractivity contribution in [2.45, 2.75) is 25.4 Å².